The van der Waals surface area contributed by atoms with Gasteiger partial charge in [-0.2, -0.15) is 0 Å². The smallest absolute Gasteiger partial charge is 0.240 e. The van der Waals surface area contributed by atoms with Crippen molar-refractivity contribution in [1.29, 1.82) is 0 Å². The monoisotopic (exact) mass is 362 g/mol. The van der Waals surface area contributed by atoms with Crippen molar-refractivity contribution in [1.82, 2.24) is 20.2 Å². The van der Waals surface area contributed by atoms with E-state index in [0.29, 0.717) is 13.0 Å². The maximum absolute atomic E-state index is 12.4. The average Bonchev–Trinajstić information content (AvgIpc) is 2.90. The van der Waals surface area contributed by atoms with Crippen LogP contribution in [-0.4, -0.2) is 40.6 Å². The Morgan fingerprint density at radius 2 is 1.96 bits per heavy atom. The lowest BCUT2D eigenvalue weighted by Crippen LogP contribution is -2.37. The van der Waals surface area contributed by atoms with Crippen molar-refractivity contribution in [2.45, 2.75) is 46.2 Å². The van der Waals surface area contributed by atoms with Crippen LogP contribution in [0.15, 0.2) is 24.3 Å². The predicted molar refractivity (Wildman–Crippen MR) is 99.5 cm³/mol. The molecule has 2 rings (SSSR count). The van der Waals surface area contributed by atoms with Gasteiger partial charge in [-0.15, -0.1) is 0 Å². The fraction of sp³-hybridized carbons (Fsp3) is 0.526. The minimum absolute atomic E-state index is 0.0783. The molecule has 6 nitrogen and oxygen atoms in total. The van der Waals surface area contributed by atoms with E-state index in [9.17, 15) is 14.0 Å². The number of nitrogens with one attached hydrogen (secondary N) is 2. The van der Waals surface area contributed by atoms with E-state index >= 15 is 0 Å². The van der Waals surface area contributed by atoms with Crippen molar-refractivity contribution in [2.75, 3.05) is 13.2 Å². The first-order valence-electron chi connectivity index (χ1n) is 8.94. The van der Waals surface area contributed by atoms with Gasteiger partial charge in [0.2, 0.25) is 11.8 Å². The number of carbonyl (C=O) groups is 2. The van der Waals surface area contributed by atoms with Gasteiger partial charge in [0, 0.05) is 19.0 Å². The van der Waals surface area contributed by atoms with Crippen LogP contribution in [0.25, 0.3) is 11.0 Å². The van der Waals surface area contributed by atoms with Crippen molar-refractivity contribution in [2.24, 2.45) is 5.92 Å². The van der Waals surface area contributed by atoms with Gasteiger partial charge in [0.15, 0.2) is 0 Å². The summed E-state index contributed by atoms with van der Waals surface area (Å²) in [6.45, 7) is 5.62. The molecule has 1 heterocycles. The standard InChI is InChI=1S/C19H27FN4O2/c1-13(11-20)10-18(25)22-14(2)8-9-21-19(26)12-24-15(3)23-16-6-4-5-7-17(16)24/h4-7,13-14H,8-12H2,1-3H3,(H,21,26)(H,22,25). The minimum atomic E-state index is -0.500. The van der Waals surface area contributed by atoms with Crippen molar-refractivity contribution in [3.05, 3.63) is 30.1 Å². The van der Waals surface area contributed by atoms with Crippen LogP contribution in [0.3, 0.4) is 0 Å². The molecule has 2 N–H and O–H groups in total. The summed E-state index contributed by atoms with van der Waals surface area (Å²) in [6.07, 6.45) is 0.797. The van der Waals surface area contributed by atoms with Crippen molar-refractivity contribution in [3.8, 4) is 0 Å². The summed E-state index contributed by atoms with van der Waals surface area (Å²) in [4.78, 5) is 28.4. The first kappa shape index (κ1) is 19.9. The maximum atomic E-state index is 12.4. The molecule has 2 amide bonds. The van der Waals surface area contributed by atoms with Gasteiger partial charge in [-0.1, -0.05) is 19.1 Å². The summed E-state index contributed by atoms with van der Waals surface area (Å²) in [5.74, 6) is 0.273. The number of para-hydroxylation sites is 2. The highest BCUT2D eigenvalue weighted by atomic mass is 19.1. The number of nitrogens with zero attached hydrogens (tertiary/aromatic N) is 2. The Morgan fingerprint density at radius 1 is 1.23 bits per heavy atom. The molecule has 142 valence electrons. The third kappa shape index (κ3) is 5.54. The molecule has 0 saturated heterocycles. The number of benzene rings is 1. The van der Waals surface area contributed by atoms with E-state index in [1.165, 1.54) is 0 Å². The van der Waals surface area contributed by atoms with Gasteiger partial charge in [0.1, 0.15) is 12.4 Å². The number of amides is 2. The van der Waals surface area contributed by atoms with E-state index in [2.05, 4.69) is 15.6 Å². The van der Waals surface area contributed by atoms with Gasteiger partial charge in [0.25, 0.3) is 0 Å². The summed E-state index contributed by atoms with van der Waals surface area (Å²) in [5, 5.41) is 5.70. The van der Waals surface area contributed by atoms with Crippen molar-refractivity contribution < 1.29 is 14.0 Å². The highest BCUT2D eigenvalue weighted by Gasteiger charge is 2.13. The van der Waals surface area contributed by atoms with Crippen LogP contribution in [0.4, 0.5) is 4.39 Å². The lowest BCUT2D eigenvalue weighted by atomic mass is 10.1. The molecule has 7 heteroatoms. The zero-order chi connectivity index (χ0) is 19.1. The third-order valence-electron chi connectivity index (χ3n) is 4.25. The van der Waals surface area contributed by atoms with Gasteiger partial charge >= 0.3 is 0 Å². The molecule has 1 aromatic heterocycles. The van der Waals surface area contributed by atoms with E-state index in [1.807, 2.05) is 42.7 Å². The molecular formula is C19H27FN4O2. The topological polar surface area (TPSA) is 76.0 Å². The number of fused-ring (bicyclic) bond motifs is 1. The summed E-state index contributed by atoms with van der Waals surface area (Å²) < 4.78 is 14.3. The van der Waals surface area contributed by atoms with Crippen LogP contribution in [0, 0.1) is 12.8 Å². The van der Waals surface area contributed by atoms with Crippen LogP contribution in [0.2, 0.25) is 0 Å². The molecule has 0 spiro atoms. The molecule has 0 aliphatic heterocycles. The Morgan fingerprint density at radius 3 is 2.69 bits per heavy atom. The van der Waals surface area contributed by atoms with Gasteiger partial charge in [-0.05, 0) is 38.3 Å². The first-order chi connectivity index (χ1) is 12.4. The SMILES string of the molecule is Cc1nc2ccccc2n1CC(=O)NCCC(C)NC(=O)CC(C)CF. The average molecular weight is 362 g/mol. The molecule has 2 unspecified atom stereocenters. The van der Waals surface area contributed by atoms with E-state index in [4.69, 9.17) is 0 Å². The van der Waals surface area contributed by atoms with Crippen LogP contribution >= 0.6 is 0 Å². The second-order valence-corrected chi connectivity index (χ2v) is 6.80. The van der Waals surface area contributed by atoms with Crippen molar-refractivity contribution >= 4 is 22.8 Å². The molecule has 1 aromatic carbocycles. The molecular weight excluding hydrogens is 335 g/mol. The second kappa shape index (κ2) is 9.31. The fourth-order valence-corrected chi connectivity index (χ4v) is 2.80. The summed E-state index contributed by atoms with van der Waals surface area (Å²) in [7, 11) is 0. The Labute approximate surface area is 153 Å². The largest absolute Gasteiger partial charge is 0.354 e. The highest BCUT2D eigenvalue weighted by molar-refractivity contribution is 5.81. The lowest BCUT2D eigenvalue weighted by Gasteiger charge is -2.16. The number of carbonyl (C=O) groups excluding carboxylic acids is 2. The number of rotatable bonds is 9. The van der Waals surface area contributed by atoms with Gasteiger partial charge in [-0.25, -0.2) is 4.98 Å². The first-order valence-corrected chi connectivity index (χ1v) is 8.94. The van der Waals surface area contributed by atoms with Gasteiger partial charge in [0.05, 0.1) is 17.7 Å². The zero-order valence-corrected chi connectivity index (χ0v) is 15.6. The molecule has 0 aliphatic carbocycles. The molecule has 2 atom stereocenters. The number of aromatic nitrogens is 2. The Balaban J connectivity index is 1.76. The predicted octanol–water partition coefficient (Wildman–Crippen LogP) is 2.35. The molecule has 0 radical (unpaired) electrons. The molecule has 0 saturated carbocycles. The van der Waals surface area contributed by atoms with E-state index in [1.54, 1.807) is 6.92 Å². The Kier molecular flexibility index (Phi) is 7.12. The molecule has 0 aliphatic rings. The summed E-state index contributed by atoms with van der Waals surface area (Å²) in [5.41, 5.74) is 1.81. The van der Waals surface area contributed by atoms with Gasteiger partial charge < -0.3 is 15.2 Å². The second-order valence-electron chi connectivity index (χ2n) is 6.80. The minimum Gasteiger partial charge on any atom is -0.354 e. The number of alkyl halides is 1. The third-order valence-corrected chi connectivity index (χ3v) is 4.25. The van der Waals surface area contributed by atoms with Crippen LogP contribution in [-0.2, 0) is 16.1 Å². The molecule has 0 bridgehead atoms. The van der Waals surface area contributed by atoms with E-state index < -0.39 is 6.67 Å². The maximum Gasteiger partial charge on any atom is 0.240 e. The van der Waals surface area contributed by atoms with Crippen molar-refractivity contribution in [3.63, 3.8) is 0 Å². The van der Waals surface area contributed by atoms with Gasteiger partial charge in [-0.3, -0.25) is 14.0 Å². The van der Waals surface area contributed by atoms with E-state index in [0.717, 1.165) is 16.9 Å². The molecule has 0 fully saturated rings. The number of aryl methyl sites for hydroxylation is 1. The van der Waals surface area contributed by atoms with Crippen LogP contribution in [0.1, 0.15) is 32.5 Å². The fourth-order valence-electron chi connectivity index (χ4n) is 2.80. The number of hydrogen-bond acceptors (Lipinski definition) is 3. The molecule has 26 heavy (non-hydrogen) atoms. The normalized spacial score (nSPS) is 13.4. The van der Waals surface area contributed by atoms with Crippen LogP contribution in [0.5, 0.6) is 0 Å². The molecule has 2 aromatic rings. The Bertz CT molecular complexity index is 759. The highest BCUT2D eigenvalue weighted by Crippen LogP contribution is 2.15. The Hall–Kier alpha value is -2.44. The zero-order valence-electron chi connectivity index (χ0n) is 15.6. The number of hydrogen-bond donors (Lipinski definition) is 2. The van der Waals surface area contributed by atoms with Crippen LogP contribution < -0.4 is 10.6 Å². The quantitative estimate of drug-likeness (QED) is 0.719. The number of halogens is 1. The lowest BCUT2D eigenvalue weighted by molar-refractivity contribution is -0.122. The van der Waals surface area contributed by atoms with E-state index in [-0.39, 0.29) is 36.7 Å². The summed E-state index contributed by atoms with van der Waals surface area (Å²) >= 11 is 0. The number of imidazole rings is 1. The summed E-state index contributed by atoms with van der Waals surface area (Å²) in [6, 6.07) is 7.63.